The Morgan fingerprint density at radius 1 is 1.00 bits per heavy atom. The van der Waals surface area contributed by atoms with Crippen LogP contribution < -0.4 is 29.6 Å². The molecule has 0 amide bonds. The van der Waals surface area contributed by atoms with Gasteiger partial charge in [-0.1, -0.05) is 70.8 Å². The van der Waals surface area contributed by atoms with Gasteiger partial charge in [0.15, 0.2) is 0 Å². The Hall–Kier alpha value is 1.01. The third-order valence-electron chi connectivity index (χ3n) is 2.26. The van der Waals surface area contributed by atoms with Gasteiger partial charge in [-0.25, -0.2) is 0 Å². The van der Waals surface area contributed by atoms with Crippen molar-refractivity contribution >= 4 is 59.2 Å². The molecule has 0 saturated heterocycles. The molecular formula is C13H10Cl3NaS2. The fraction of sp³-hybridized carbons (Fsp3) is 0.0769. The van der Waals surface area contributed by atoms with Crippen LogP contribution in [0.4, 0.5) is 0 Å². The summed E-state index contributed by atoms with van der Waals surface area (Å²) < 4.78 is -1.41. The first kappa shape index (κ1) is 18.1. The van der Waals surface area contributed by atoms with Gasteiger partial charge >= 0.3 is 29.6 Å². The van der Waals surface area contributed by atoms with Crippen molar-refractivity contribution in [3.8, 4) is 0 Å². The summed E-state index contributed by atoms with van der Waals surface area (Å²) in [5, 5.41) is 0. The number of alkyl halides is 3. The minimum absolute atomic E-state index is 0. The summed E-state index contributed by atoms with van der Waals surface area (Å²) in [6.45, 7) is 0. The third kappa shape index (κ3) is 5.37. The van der Waals surface area contributed by atoms with Gasteiger partial charge in [0, 0.05) is 20.2 Å². The van der Waals surface area contributed by atoms with Crippen molar-refractivity contribution in [1.29, 1.82) is 0 Å². The van der Waals surface area contributed by atoms with Crippen LogP contribution in [0.1, 0.15) is 6.99 Å². The first-order valence-corrected chi connectivity index (χ1v) is 7.50. The standard InChI is InChI=1S/C13H9Cl3S2.Na.H/c14-13(15,16)9-6-7-11(17)12(8-9)18-10-4-2-1-3-5-10;;/h1-8,17H;;/q;+1;-1. The van der Waals surface area contributed by atoms with Crippen LogP contribution in [0.5, 0.6) is 0 Å². The average Bonchev–Trinajstić information content (AvgIpc) is 2.32. The fourth-order valence-corrected chi connectivity index (χ4v) is 2.92. The molecule has 0 saturated carbocycles. The molecule has 0 N–H and O–H groups in total. The number of hydrogen-bond donors (Lipinski definition) is 1. The molecule has 0 aliphatic carbocycles. The van der Waals surface area contributed by atoms with Gasteiger partial charge < -0.3 is 1.43 Å². The second-order valence-electron chi connectivity index (χ2n) is 3.60. The zero-order valence-corrected chi connectivity index (χ0v) is 16.1. The molecule has 0 radical (unpaired) electrons. The molecule has 0 nitrogen and oxygen atoms in total. The summed E-state index contributed by atoms with van der Waals surface area (Å²) in [6.07, 6.45) is 0. The predicted octanol–water partition coefficient (Wildman–Crippen LogP) is 3.07. The van der Waals surface area contributed by atoms with Gasteiger partial charge in [0.2, 0.25) is 3.79 Å². The summed E-state index contributed by atoms with van der Waals surface area (Å²) >= 11 is 23.7. The van der Waals surface area contributed by atoms with E-state index in [1.807, 2.05) is 42.5 Å². The number of benzene rings is 2. The van der Waals surface area contributed by atoms with Crippen molar-refractivity contribution < 1.29 is 31.0 Å². The number of thiol groups is 1. The number of rotatable bonds is 2. The molecule has 0 heterocycles. The molecule has 2 rings (SSSR count). The fourth-order valence-electron chi connectivity index (χ4n) is 1.39. The van der Waals surface area contributed by atoms with Crippen molar-refractivity contribution in [2.24, 2.45) is 0 Å². The van der Waals surface area contributed by atoms with Gasteiger partial charge in [0.05, 0.1) is 0 Å². The van der Waals surface area contributed by atoms with E-state index >= 15 is 0 Å². The van der Waals surface area contributed by atoms with Gasteiger partial charge in [0.25, 0.3) is 0 Å². The monoisotopic (exact) mass is 358 g/mol. The van der Waals surface area contributed by atoms with Crippen LogP contribution in [0.15, 0.2) is 63.2 Å². The molecule has 0 fully saturated rings. The molecular weight excluding hydrogens is 350 g/mol. The molecule has 0 unspecified atom stereocenters. The zero-order chi connectivity index (χ0) is 13.2. The van der Waals surface area contributed by atoms with Crippen LogP contribution in [0, 0.1) is 0 Å². The van der Waals surface area contributed by atoms with E-state index in [1.165, 1.54) is 0 Å². The van der Waals surface area contributed by atoms with E-state index in [-0.39, 0.29) is 31.0 Å². The van der Waals surface area contributed by atoms with Crippen molar-refractivity contribution in [2.75, 3.05) is 0 Å². The second kappa shape index (κ2) is 7.86. The Balaban J connectivity index is 0.00000180. The van der Waals surface area contributed by atoms with Crippen LogP contribution >= 0.6 is 59.2 Å². The van der Waals surface area contributed by atoms with Crippen LogP contribution in [0.2, 0.25) is 0 Å². The first-order chi connectivity index (χ1) is 8.47. The summed E-state index contributed by atoms with van der Waals surface area (Å²) in [5.41, 5.74) is 0.642. The van der Waals surface area contributed by atoms with Crippen molar-refractivity contribution in [2.45, 2.75) is 18.5 Å². The van der Waals surface area contributed by atoms with Crippen molar-refractivity contribution in [3.63, 3.8) is 0 Å². The van der Waals surface area contributed by atoms with E-state index in [9.17, 15) is 0 Å². The van der Waals surface area contributed by atoms with E-state index in [4.69, 9.17) is 34.8 Å². The van der Waals surface area contributed by atoms with Crippen molar-refractivity contribution in [1.82, 2.24) is 0 Å². The Bertz CT molecular complexity index is 547. The molecule has 0 aromatic heterocycles. The Morgan fingerprint density at radius 3 is 2.21 bits per heavy atom. The molecule has 96 valence electrons. The maximum Gasteiger partial charge on any atom is 1.00 e. The van der Waals surface area contributed by atoms with E-state index in [1.54, 1.807) is 17.8 Å². The second-order valence-corrected chi connectivity index (χ2v) is 7.47. The molecule has 19 heavy (non-hydrogen) atoms. The Labute approximate surface area is 161 Å². The first-order valence-electron chi connectivity index (χ1n) is 5.10. The van der Waals surface area contributed by atoms with Crippen LogP contribution in [-0.4, -0.2) is 0 Å². The topological polar surface area (TPSA) is 0 Å². The molecule has 2 aromatic rings. The maximum absolute atomic E-state index is 5.88. The summed E-state index contributed by atoms with van der Waals surface area (Å²) in [5.74, 6) is 0. The summed E-state index contributed by atoms with van der Waals surface area (Å²) in [6, 6.07) is 15.5. The zero-order valence-electron chi connectivity index (χ0n) is 11.1. The summed E-state index contributed by atoms with van der Waals surface area (Å²) in [7, 11) is 0. The van der Waals surface area contributed by atoms with Gasteiger partial charge in [0.1, 0.15) is 0 Å². The van der Waals surface area contributed by atoms with Gasteiger partial charge in [-0.3, -0.25) is 0 Å². The molecule has 6 heteroatoms. The van der Waals surface area contributed by atoms with Crippen LogP contribution in [0.25, 0.3) is 0 Å². The smallest absolute Gasteiger partial charge is 1.00 e. The quantitative estimate of drug-likeness (QED) is 0.488. The third-order valence-corrected chi connectivity index (χ3v) is 4.52. The van der Waals surface area contributed by atoms with E-state index in [2.05, 4.69) is 12.6 Å². The average molecular weight is 360 g/mol. The SMILES string of the molecule is Sc1ccc(C(Cl)(Cl)Cl)cc1Sc1ccccc1.[H-].[Na+]. The van der Waals surface area contributed by atoms with Crippen LogP contribution in [-0.2, 0) is 3.79 Å². The normalized spacial score (nSPS) is 10.9. The number of hydrogen-bond acceptors (Lipinski definition) is 2. The molecule has 0 bridgehead atoms. The van der Waals surface area contributed by atoms with Gasteiger partial charge in [-0.2, -0.15) is 0 Å². The number of halogens is 3. The van der Waals surface area contributed by atoms with Crippen molar-refractivity contribution in [3.05, 3.63) is 54.1 Å². The molecule has 0 atom stereocenters. The molecule has 0 spiro atoms. The minimum Gasteiger partial charge on any atom is -1.00 e. The van der Waals surface area contributed by atoms with E-state index in [0.29, 0.717) is 5.56 Å². The maximum atomic E-state index is 5.88. The van der Waals surface area contributed by atoms with Gasteiger partial charge in [-0.15, -0.1) is 12.6 Å². The van der Waals surface area contributed by atoms with E-state index in [0.717, 1.165) is 14.7 Å². The summed E-state index contributed by atoms with van der Waals surface area (Å²) in [4.78, 5) is 2.95. The Kier molecular flexibility index (Phi) is 7.47. The Morgan fingerprint density at radius 2 is 1.63 bits per heavy atom. The predicted molar refractivity (Wildman–Crippen MR) is 84.6 cm³/mol. The van der Waals surface area contributed by atoms with E-state index < -0.39 is 3.79 Å². The largest absolute Gasteiger partial charge is 1.00 e. The van der Waals surface area contributed by atoms with Crippen LogP contribution in [0.3, 0.4) is 0 Å². The molecule has 0 aliphatic heterocycles. The minimum atomic E-state index is -1.41. The van der Waals surface area contributed by atoms with Gasteiger partial charge in [-0.05, 0) is 24.3 Å². The molecule has 0 aliphatic rings. The molecule has 2 aromatic carbocycles.